The average molecular weight is 431 g/mol. The molecule has 1 saturated heterocycles. The molecule has 150 valence electrons. The fraction of sp³-hybridized carbons (Fsp3) is 0.150. The number of nitrogens with one attached hydrogen (secondary N) is 1. The molecular formula is C20H18N2O5S2. The van der Waals surface area contributed by atoms with Crippen LogP contribution in [0, 0.1) is 0 Å². The molecule has 0 unspecified atom stereocenters. The van der Waals surface area contributed by atoms with E-state index in [4.69, 9.17) is 17.0 Å². The molecular weight excluding hydrogens is 412 g/mol. The number of hydrogen-bond acceptors (Lipinski definition) is 7. The second-order valence-corrected chi connectivity index (χ2v) is 7.69. The van der Waals surface area contributed by atoms with E-state index in [2.05, 4.69) is 5.32 Å². The quantitative estimate of drug-likeness (QED) is 0.477. The van der Waals surface area contributed by atoms with Crippen LogP contribution in [-0.4, -0.2) is 44.4 Å². The maximum absolute atomic E-state index is 12.6. The van der Waals surface area contributed by atoms with E-state index in [9.17, 15) is 19.8 Å². The Bertz CT molecular complexity index is 989. The Balaban J connectivity index is 1.66. The summed E-state index contributed by atoms with van der Waals surface area (Å²) >= 11 is 6.27. The predicted molar refractivity (Wildman–Crippen MR) is 116 cm³/mol. The van der Waals surface area contributed by atoms with Crippen molar-refractivity contribution in [3.8, 4) is 17.2 Å². The fourth-order valence-corrected chi connectivity index (χ4v) is 3.82. The van der Waals surface area contributed by atoms with Crippen molar-refractivity contribution in [3.63, 3.8) is 0 Å². The maximum atomic E-state index is 12.6. The van der Waals surface area contributed by atoms with Gasteiger partial charge in [0.1, 0.15) is 28.1 Å². The Morgan fingerprint density at radius 1 is 1.24 bits per heavy atom. The number of anilines is 1. The van der Waals surface area contributed by atoms with Crippen LogP contribution < -0.4 is 10.1 Å². The Kier molecular flexibility index (Phi) is 6.40. The number of phenols is 2. The first-order valence-corrected chi connectivity index (χ1v) is 9.90. The molecule has 0 aliphatic carbocycles. The molecule has 1 aliphatic rings. The SMILES string of the molecule is CCOc1ccc(NC(=O)CN2C(=O)/C(=C/c3ccc(O)cc3O)SC2=S)cc1. The van der Waals surface area contributed by atoms with Crippen molar-refractivity contribution in [2.75, 3.05) is 18.5 Å². The summed E-state index contributed by atoms with van der Waals surface area (Å²) in [5.41, 5.74) is 0.940. The van der Waals surface area contributed by atoms with Gasteiger partial charge in [-0.1, -0.05) is 24.0 Å². The van der Waals surface area contributed by atoms with Crippen molar-refractivity contribution in [1.82, 2.24) is 4.90 Å². The summed E-state index contributed by atoms with van der Waals surface area (Å²) in [4.78, 5) is 26.4. The molecule has 0 radical (unpaired) electrons. The molecule has 2 aromatic carbocycles. The van der Waals surface area contributed by atoms with Crippen LogP contribution in [-0.2, 0) is 9.59 Å². The van der Waals surface area contributed by atoms with E-state index in [0.29, 0.717) is 23.6 Å². The van der Waals surface area contributed by atoms with E-state index in [1.807, 2.05) is 6.92 Å². The summed E-state index contributed by atoms with van der Waals surface area (Å²) < 4.78 is 5.60. The largest absolute Gasteiger partial charge is 0.508 e. The summed E-state index contributed by atoms with van der Waals surface area (Å²) in [5, 5.41) is 22.0. The number of carbonyl (C=O) groups is 2. The number of benzene rings is 2. The maximum Gasteiger partial charge on any atom is 0.266 e. The molecule has 29 heavy (non-hydrogen) atoms. The third kappa shape index (κ3) is 5.07. The molecule has 0 saturated carbocycles. The second-order valence-electron chi connectivity index (χ2n) is 6.02. The minimum absolute atomic E-state index is 0.0850. The third-order valence-corrected chi connectivity index (χ3v) is 5.30. The number of amides is 2. The lowest BCUT2D eigenvalue weighted by Gasteiger charge is -2.14. The Labute approximate surface area is 177 Å². The number of thiocarbonyl (C=S) groups is 1. The Morgan fingerprint density at radius 2 is 1.97 bits per heavy atom. The predicted octanol–water partition coefficient (Wildman–Crippen LogP) is 3.34. The first kappa shape index (κ1) is 20.7. The minimum Gasteiger partial charge on any atom is -0.508 e. The molecule has 0 spiro atoms. The fourth-order valence-electron chi connectivity index (χ4n) is 2.58. The minimum atomic E-state index is -0.422. The number of rotatable bonds is 6. The monoisotopic (exact) mass is 430 g/mol. The molecule has 3 N–H and O–H groups in total. The normalized spacial score (nSPS) is 15.1. The first-order valence-electron chi connectivity index (χ1n) is 8.67. The smallest absolute Gasteiger partial charge is 0.266 e. The average Bonchev–Trinajstić information content (AvgIpc) is 2.93. The number of nitrogens with zero attached hydrogens (tertiary/aromatic N) is 1. The third-order valence-electron chi connectivity index (χ3n) is 3.93. The number of carbonyl (C=O) groups excluding carboxylic acids is 2. The van der Waals surface area contributed by atoms with E-state index in [-0.39, 0.29) is 33.2 Å². The standard InChI is InChI=1S/C20H18N2O5S2/c1-2-27-15-7-4-13(5-8-15)21-18(25)11-22-19(26)17(29-20(22)28)9-12-3-6-14(23)10-16(12)24/h3-10,23-24H,2,11H2,1H3,(H,21,25)/b17-9-. The van der Waals surface area contributed by atoms with Gasteiger partial charge in [-0.25, -0.2) is 0 Å². The zero-order valence-corrected chi connectivity index (χ0v) is 17.0. The zero-order valence-electron chi connectivity index (χ0n) is 15.4. The van der Waals surface area contributed by atoms with Gasteiger partial charge in [-0.05, 0) is 49.4 Å². The van der Waals surface area contributed by atoms with Gasteiger partial charge in [-0.15, -0.1) is 0 Å². The summed E-state index contributed by atoms with van der Waals surface area (Å²) in [7, 11) is 0. The van der Waals surface area contributed by atoms with E-state index < -0.39 is 5.91 Å². The molecule has 2 aromatic rings. The van der Waals surface area contributed by atoms with Crippen molar-refractivity contribution < 1.29 is 24.5 Å². The number of phenolic OH excluding ortho intramolecular Hbond substituents is 2. The Morgan fingerprint density at radius 3 is 2.62 bits per heavy atom. The van der Waals surface area contributed by atoms with Crippen molar-refractivity contribution in [3.05, 3.63) is 52.9 Å². The molecule has 0 atom stereocenters. The van der Waals surface area contributed by atoms with Gasteiger partial charge in [0.2, 0.25) is 5.91 Å². The molecule has 2 amide bonds. The van der Waals surface area contributed by atoms with Gasteiger partial charge >= 0.3 is 0 Å². The molecule has 7 nitrogen and oxygen atoms in total. The van der Waals surface area contributed by atoms with Gasteiger partial charge in [0, 0.05) is 17.3 Å². The van der Waals surface area contributed by atoms with Crippen LogP contribution in [0.15, 0.2) is 47.4 Å². The van der Waals surface area contributed by atoms with Gasteiger partial charge in [-0.3, -0.25) is 14.5 Å². The van der Waals surface area contributed by atoms with Crippen LogP contribution in [0.5, 0.6) is 17.2 Å². The van der Waals surface area contributed by atoms with Crippen LogP contribution in [0.2, 0.25) is 0 Å². The highest BCUT2D eigenvalue weighted by molar-refractivity contribution is 8.26. The topological polar surface area (TPSA) is 99.1 Å². The van der Waals surface area contributed by atoms with Crippen LogP contribution in [0.1, 0.15) is 12.5 Å². The van der Waals surface area contributed by atoms with Crippen LogP contribution in [0.3, 0.4) is 0 Å². The highest BCUT2D eigenvalue weighted by Gasteiger charge is 2.33. The van der Waals surface area contributed by atoms with E-state index in [0.717, 1.165) is 11.8 Å². The zero-order chi connectivity index (χ0) is 21.0. The molecule has 1 fully saturated rings. The lowest BCUT2D eigenvalue weighted by atomic mass is 10.1. The van der Waals surface area contributed by atoms with Gasteiger partial charge in [0.25, 0.3) is 5.91 Å². The number of ether oxygens (including phenoxy) is 1. The van der Waals surface area contributed by atoms with Crippen LogP contribution in [0.25, 0.3) is 6.08 Å². The summed E-state index contributed by atoms with van der Waals surface area (Å²) in [6, 6.07) is 11.0. The Hall–Kier alpha value is -3.04. The van der Waals surface area contributed by atoms with Crippen LogP contribution in [0.4, 0.5) is 5.69 Å². The van der Waals surface area contributed by atoms with Crippen LogP contribution >= 0.6 is 24.0 Å². The summed E-state index contributed by atoms with van der Waals surface area (Å²) in [6.45, 7) is 2.21. The van der Waals surface area contributed by atoms with Crippen molar-refractivity contribution in [2.45, 2.75) is 6.92 Å². The highest BCUT2D eigenvalue weighted by atomic mass is 32.2. The van der Waals surface area contributed by atoms with Crippen molar-refractivity contribution in [1.29, 1.82) is 0 Å². The number of hydrogen-bond donors (Lipinski definition) is 3. The molecule has 0 bridgehead atoms. The number of aromatic hydroxyl groups is 2. The lowest BCUT2D eigenvalue weighted by Crippen LogP contribution is -2.36. The van der Waals surface area contributed by atoms with Gasteiger partial charge < -0.3 is 20.3 Å². The highest BCUT2D eigenvalue weighted by Crippen LogP contribution is 2.34. The van der Waals surface area contributed by atoms with Crippen molar-refractivity contribution >= 4 is 51.9 Å². The van der Waals surface area contributed by atoms with Crippen molar-refractivity contribution in [2.24, 2.45) is 0 Å². The number of thioether (sulfide) groups is 1. The molecule has 3 rings (SSSR count). The summed E-state index contributed by atoms with van der Waals surface area (Å²) in [5.74, 6) is -0.361. The van der Waals surface area contributed by atoms with Gasteiger partial charge in [-0.2, -0.15) is 0 Å². The molecule has 1 aliphatic heterocycles. The van der Waals surface area contributed by atoms with Gasteiger partial charge in [0.05, 0.1) is 11.5 Å². The van der Waals surface area contributed by atoms with Gasteiger partial charge in [0.15, 0.2) is 0 Å². The lowest BCUT2D eigenvalue weighted by molar-refractivity contribution is -0.126. The second kappa shape index (κ2) is 8.97. The molecule has 0 aromatic heterocycles. The summed E-state index contributed by atoms with van der Waals surface area (Å²) in [6.07, 6.45) is 1.47. The van der Waals surface area contributed by atoms with E-state index >= 15 is 0 Å². The molecule has 1 heterocycles. The molecule has 9 heteroatoms. The van der Waals surface area contributed by atoms with E-state index in [1.54, 1.807) is 24.3 Å². The first-order chi connectivity index (χ1) is 13.9. The van der Waals surface area contributed by atoms with E-state index in [1.165, 1.54) is 29.2 Å².